The lowest BCUT2D eigenvalue weighted by Gasteiger charge is -2.02. The van der Waals surface area contributed by atoms with Crippen molar-refractivity contribution in [2.24, 2.45) is 5.73 Å². The van der Waals surface area contributed by atoms with Gasteiger partial charge in [-0.05, 0) is 12.1 Å². The van der Waals surface area contributed by atoms with E-state index in [1.165, 1.54) is 7.11 Å². The first-order chi connectivity index (χ1) is 7.13. The fourth-order valence-electron chi connectivity index (χ4n) is 0.995. The summed E-state index contributed by atoms with van der Waals surface area (Å²) in [6, 6.07) is 5.10. The number of hydrogen-bond donors (Lipinski definition) is 1. The van der Waals surface area contributed by atoms with Crippen molar-refractivity contribution >= 4 is 17.5 Å². The molecule has 3 nitrogen and oxygen atoms in total. The van der Waals surface area contributed by atoms with Crippen LogP contribution in [0.25, 0.3) is 0 Å². The van der Waals surface area contributed by atoms with Gasteiger partial charge in [0.1, 0.15) is 5.75 Å². The minimum atomic E-state index is -0.449. The smallest absolute Gasteiger partial charge is 0.229 e. The Hall–Kier alpha value is -1.66. The number of hydrogen-bond acceptors (Lipinski definition) is 2. The summed E-state index contributed by atoms with van der Waals surface area (Å²) in [4.78, 5) is 10.5. The minimum Gasteiger partial charge on any atom is -0.495 e. The van der Waals surface area contributed by atoms with Gasteiger partial charge in [-0.2, -0.15) is 0 Å². The average Bonchev–Trinajstić information content (AvgIpc) is 2.19. The quantitative estimate of drug-likeness (QED) is 0.774. The van der Waals surface area contributed by atoms with Gasteiger partial charge in [0, 0.05) is 11.1 Å². The zero-order chi connectivity index (χ0) is 11.3. The van der Waals surface area contributed by atoms with Gasteiger partial charge in [0.25, 0.3) is 0 Å². The highest BCUT2D eigenvalue weighted by atomic mass is 35.5. The molecular weight excluding hydrogens is 214 g/mol. The van der Waals surface area contributed by atoms with Gasteiger partial charge in [0.15, 0.2) is 0 Å². The van der Waals surface area contributed by atoms with E-state index in [0.717, 1.165) is 0 Å². The van der Waals surface area contributed by atoms with Gasteiger partial charge in [-0.15, -0.1) is 0 Å². The second kappa shape index (κ2) is 5.28. The van der Waals surface area contributed by atoms with Crippen LogP contribution >= 0.6 is 11.6 Å². The van der Waals surface area contributed by atoms with E-state index >= 15 is 0 Å². The monoisotopic (exact) mass is 223 g/mol. The van der Waals surface area contributed by atoms with Crippen molar-refractivity contribution in [3.05, 3.63) is 28.8 Å². The van der Waals surface area contributed by atoms with E-state index in [-0.39, 0.29) is 6.42 Å². The second-order valence-electron chi connectivity index (χ2n) is 2.79. The third-order valence-corrected chi connectivity index (χ3v) is 1.88. The Morgan fingerprint density at radius 1 is 1.60 bits per heavy atom. The standard InChI is InChI=1S/C11H10ClNO2/c1-15-10-7-9(12)6-5-8(10)3-2-4-11(13)14/h5-7H,4H2,1H3,(H2,13,14). The van der Waals surface area contributed by atoms with Crippen molar-refractivity contribution in [2.45, 2.75) is 6.42 Å². The summed E-state index contributed by atoms with van der Waals surface area (Å²) in [7, 11) is 1.53. The molecule has 0 aromatic heterocycles. The zero-order valence-electron chi connectivity index (χ0n) is 8.21. The SMILES string of the molecule is COc1cc(Cl)ccc1C#CCC(N)=O. The molecule has 4 heteroatoms. The van der Waals surface area contributed by atoms with Gasteiger partial charge in [-0.3, -0.25) is 4.79 Å². The van der Waals surface area contributed by atoms with Gasteiger partial charge < -0.3 is 10.5 Å². The van der Waals surface area contributed by atoms with E-state index in [1.54, 1.807) is 18.2 Å². The summed E-state index contributed by atoms with van der Waals surface area (Å²) in [6.07, 6.45) is 0.0335. The highest BCUT2D eigenvalue weighted by Crippen LogP contribution is 2.21. The van der Waals surface area contributed by atoms with E-state index in [0.29, 0.717) is 16.3 Å². The van der Waals surface area contributed by atoms with Crippen molar-refractivity contribution in [1.29, 1.82) is 0 Å². The maximum absolute atomic E-state index is 10.5. The normalized spacial score (nSPS) is 8.93. The molecule has 1 rings (SSSR count). The molecule has 0 unspecified atom stereocenters. The number of halogens is 1. The van der Waals surface area contributed by atoms with Crippen molar-refractivity contribution < 1.29 is 9.53 Å². The molecule has 0 aliphatic rings. The predicted octanol–water partition coefficient (Wildman–Crippen LogP) is 1.58. The molecule has 0 saturated heterocycles. The molecule has 0 saturated carbocycles. The van der Waals surface area contributed by atoms with Crippen molar-refractivity contribution in [3.8, 4) is 17.6 Å². The maximum Gasteiger partial charge on any atom is 0.229 e. The number of benzene rings is 1. The minimum absolute atomic E-state index is 0.0335. The van der Waals surface area contributed by atoms with Gasteiger partial charge in [0.2, 0.25) is 5.91 Å². The summed E-state index contributed by atoms with van der Waals surface area (Å²) < 4.78 is 5.08. The van der Waals surface area contributed by atoms with Crippen LogP contribution in [0.3, 0.4) is 0 Å². The predicted molar refractivity (Wildman–Crippen MR) is 58.7 cm³/mol. The summed E-state index contributed by atoms with van der Waals surface area (Å²) in [5, 5.41) is 0.576. The Morgan fingerprint density at radius 3 is 2.93 bits per heavy atom. The van der Waals surface area contributed by atoms with Crippen LogP contribution in [0.2, 0.25) is 5.02 Å². The number of ether oxygens (including phenoxy) is 1. The second-order valence-corrected chi connectivity index (χ2v) is 3.23. The number of methoxy groups -OCH3 is 1. The van der Waals surface area contributed by atoms with Gasteiger partial charge in [0.05, 0.1) is 19.1 Å². The molecule has 0 bridgehead atoms. The molecule has 0 spiro atoms. The summed E-state index contributed by atoms with van der Waals surface area (Å²) >= 11 is 5.78. The molecule has 2 N–H and O–H groups in total. The Labute approximate surface area is 93.2 Å². The van der Waals surface area contributed by atoms with Gasteiger partial charge in [-0.25, -0.2) is 0 Å². The van der Waals surface area contributed by atoms with E-state index in [9.17, 15) is 4.79 Å². The maximum atomic E-state index is 10.5. The van der Waals surface area contributed by atoms with E-state index in [1.807, 2.05) is 0 Å². The molecule has 0 fully saturated rings. The van der Waals surface area contributed by atoms with Gasteiger partial charge in [-0.1, -0.05) is 23.4 Å². The first-order valence-corrected chi connectivity index (χ1v) is 4.62. The summed E-state index contributed by atoms with van der Waals surface area (Å²) in [5.41, 5.74) is 5.64. The number of rotatable bonds is 2. The van der Waals surface area contributed by atoms with Crippen LogP contribution in [0, 0.1) is 11.8 Å². The molecule has 0 aliphatic heterocycles. The number of primary amides is 1. The van der Waals surface area contributed by atoms with E-state index < -0.39 is 5.91 Å². The van der Waals surface area contributed by atoms with Crippen LogP contribution in [-0.4, -0.2) is 13.0 Å². The highest BCUT2D eigenvalue weighted by Gasteiger charge is 2.00. The Morgan fingerprint density at radius 2 is 2.33 bits per heavy atom. The highest BCUT2D eigenvalue weighted by molar-refractivity contribution is 6.30. The topological polar surface area (TPSA) is 52.3 Å². The van der Waals surface area contributed by atoms with Crippen molar-refractivity contribution in [2.75, 3.05) is 7.11 Å². The Bertz CT molecular complexity index is 432. The molecule has 1 amide bonds. The van der Waals surface area contributed by atoms with Crippen LogP contribution in [0.5, 0.6) is 5.75 Å². The summed E-state index contributed by atoms with van der Waals surface area (Å²) in [6.45, 7) is 0. The molecule has 1 aromatic rings. The van der Waals surface area contributed by atoms with E-state index in [2.05, 4.69) is 11.8 Å². The van der Waals surface area contributed by atoms with Crippen LogP contribution in [0.1, 0.15) is 12.0 Å². The Kier molecular flexibility index (Phi) is 4.02. The number of carbonyl (C=O) groups excluding carboxylic acids is 1. The lowest BCUT2D eigenvalue weighted by atomic mass is 10.2. The fourth-order valence-corrected chi connectivity index (χ4v) is 1.16. The number of carbonyl (C=O) groups is 1. The molecular formula is C11H10ClNO2. The first-order valence-electron chi connectivity index (χ1n) is 4.24. The van der Waals surface area contributed by atoms with Crippen LogP contribution in [0.15, 0.2) is 18.2 Å². The average molecular weight is 224 g/mol. The zero-order valence-corrected chi connectivity index (χ0v) is 8.97. The van der Waals surface area contributed by atoms with E-state index in [4.69, 9.17) is 22.1 Å². The van der Waals surface area contributed by atoms with Crippen molar-refractivity contribution in [1.82, 2.24) is 0 Å². The molecule has 15 heavy (non-hydrogen) atoms. The largest absolute Gasteiger partial charge is 0.495 e. The van der Waals surface area contributed by atoms with Crippen molar-refractivity contribution in [3.63, 3.8) is 0 Å². The molecule has 0 heterocycles. The summed E-state index contributed by atoms with van der Waals surface area (Å²) in [5.74, 6) is 5.57. The van der Waals surface area contributed by atoms with Gasteiger partial charge >= 0.3 is 0 Å². The lowest BCUT2D eigenvalue weighted by molar-refractivity contribution is -0.117. The molecule has 0 aliphatic carbocycles. The number of amides is 1. The molecule has 1 aromatic carbocycles. The number of nitrogens with two attached hydrogens (primary N) is 1. The fraction of sp³-hybridized carbons (Fsp3) is 0.182. The van der Waals surface area contributed by atoms with Crippen LogP contribution in [-0.2, 0) is 4.79 Å². The molecule has 0 atom stereocenters. The molecule has 0 radical (unpaired) electrons. The molecule has 78 valence electrons. The van der Waals surface area contributed by atoms with Crippen LogP contribution in [0.4, 0.5) is 0 Å². The lowest BCUT2D eigenvalue weighted by Crippen LogP contribution is -2.08. The third-order valence-electron chi connectivity index (χ3n) is 1.65. The van der Waals surface area contributed by atoms with Crippen LogP contribution < -0.4 is 10.5 Å². The third kappa shape index (κ3) is 3.53. The first kappa shape index (κ1) is 11.4. The Balaban J connectivity index is 2.92.